The van der Waals surface area contributed by atoms with Gasteiger partial charge in [-0.15, -0.1) is 23.1 Å². The molecule has 0 aliphatic rings. The van der Waals surface area contributed by atoms with Crippen LogP contribution in [-0.4, -0.2) is 11.5 Å². The zero-order chi connectivity index (χ0) is 14.4. The highest BCUT2D eigenvalue weighted by molar-refractivity contribution is 7.98. The first kappa shape index (κ1) is 15.5. The Labute approximate surface area is 130 Å². The quantitative estimate of drug-likeness (QED) is 0.743. The number of aryl methyl sites for hydroxylation is 1. The third-order valence-corrected chi connectivity index (χ3v) is 5.24. The molecule has 1 heterocycles. The van der Waals surface area contributed by atoms with Gasteiger partial charge in [-0.25, -0.2) is 4.98 Å². The molecule has 2 aromatic rings. The van der Waals surface area contributed by atoms with Gasteiger partial charge in [0, 0.05) is 22.0 Å². The maximum absolute atomic E-state index is 4.51. The first-order valence-corrected chi connectivity index (χ1v) is 8.92. The van der Waals surface area contributed by atoms with Crippen LogP contribution in [0.5, 0.6) is 0 Å². The molecule has 1 aromatic heterocycles. The lowest BCUT2D eigenvalue weighted by Crippen LogP contribution is -2.19. The summed E-state index contributed by atoms with van der Waals surface area (Å²) in [7, 11) is 0. The van der Waals surface area contributed by atoms with Gasteiger partial charge in [0.2, 0.25) is 0 Å². The second kappa shape index (κ2) is 7.81. The summed E-state index contributed by atoms with van der Waals surface area (Å²) in [5.74, 6) is 0.957. The molecule has 2 rings (SSSR count). The molecule has 0 bridgehead atoms. The van der Waals surface area contributed by atoms with Crippen LogP contribution in [0.4, 0.5) is 0 Å². The van der Waals surface area contributed by atoms with E-state index in [2.05, 4.69) is 53.8 Å². The third kappa shape index (κ3) is 4.62. The normalized spacial score (nSPS) is 12.6. The largest absolute Gasteiger partial charge is 0.310 e. The summed E-state index contributed by atoms with van der Waals surface area (Å²) in [6.07, 6.45) is 1.17. The Morgan fingerprint density at radius 3 is 2.95 bits per heavy atom. The van der Waals surface area contributed by atoms with Crippen molar-refractivity contribution in [3.05, 3.63) is 45.9 Å². The predicted molar refractivity (Wildman–Crippen MR) is 89.6 cm³/mol. The molecule has 0 amide bonds. The van der Waals surface area contributed by atoms with Gasteiger partial charge in [0.15, 0.2) is 0 Å². The summed E-state index contributed by atoms with van der Waals surface area (Å²) in [4.78, 5) is 5.83. The van der Waals surface area contributed by atoms with Crippen LogP contribution in [0.15, 0.2) is 34.5 Å². The molecule has 0 fully saturated rings. The molecule has 1 unspecified atom stereocenters. The molecular weight excluding hydrogens is 284 g/mol. The van der Waals surface area contributed by atoms with Crippen LogP contribution in [0.3, 0.4) is 0 Å². The molecule has 0 saturated carbocycles. The molecule has 108 valence electrons. The average Bonchev–Trinajstić information content (AvgIpc) is 2.88. The summed E-state index contributed by atoms with van der Waals surface area (Å²) in [5.41, 5.74) is 2.48. The van der Waals surface area contributed by atoms with Crippen molar-refractivity contribution in [1.29, 1.82) is 0 Å². The van der Waals surface area contributed by atoms with E-state index in [0.717, 1.165) is 18.0 Å². The monoisotopic (exact) mass is 306 g/mol. The molecule has 1 N–H and O–H groups in total. The average molecular weight is 306 g/mol. The number of thiazole rings is 1. The van der Waals surface area contributed by atoms with Gasteiger partial charge in [-0.05, 0) is 44.5 Å². The van der Waals surface area contributed by atoms with Gasteiger partial charge in [-0.2, -0.15) is 0 Å². The number of benzene rings is 1. The Bertz CT molecular complexity index is 537. The fourth-order valence-electron chi connectivity index (χ4n) is 1.97. The molecule has 1 aromatic carbocycles. The summed E-state index contributed by atoms with van der Waals surface area (Å²) in [6.45, 7) is 7.54. The highest BCUT2D eigenvalue weighted by atomic mass is 32.2. The van der Waals surface area contributed by atoms with Gasteiger partial charge in [0.05, 0.1) is 5.75 Å². The summed E-state index contributed by atoms with van der Waals surface area (Å²) in [6, 6.07) is 9.23. The highest BCUT2D eigenvalue weighted by Gasteiger charge is 2.06. The minimum absolute atomic E-state index is 0.414. The van der Waals surface area contributed by atoms with Gasteiger partial charge < -0.3 is 5.32 Å². The molecule has 2 nitrogen and oxygen atoms in total. The molecule has 0 aliphatic carbocycles. The smallest absolute Gasteiger partial charge is 0.103 e. The van der Waals surface area contributed by atoms with Crippen molar-refractivity contribution >= 4 is 23.1 Å². The fourth-order valence-corrected chi connectivity index (χ4v) is 3.72. The number of nitrogens with zero attached hydrogens (tertiary/aromatic N) is 1. The van der Waals surface area contributed by atoms with E-state index in [9.17, 15) is 0 Å². The van der Waals surface area contributed by atoms with Crippen molar-refractivity contribution in [3.63, 3.8) is 0 Å². The Balaban J connectivity index is 1.95. The maximum atomic E-state index is 4.51. The SMILES string of the molecule is CCCNC(C)c1cccc(SCc2nc(C)cs2)c1. The molecular formula is C16H22N2S2. The van der Waals surface area contributed by atoms with Crippen molar-refractivity contribution < 1.29 is 0 Å². The zero-order valence-electron chi connectivity index (χ0n) is 12.3. The van der Waals surface area contributed by atoms with Crippen LogP contribution < -0.4 is 5.32 Å². The summed E-state index contributed by atoms with van der Waals surface area (Å²) < 4.78 is 0. The standard InChI is InChI=1S/C16H22N2S2/c1-4-8-17-13(3)14-6-5-7-15(9-14)19-11-16-18-12(2)10-20-16/h5-7,9-10,13,17H,4,8,11H2,1-3H3. The number of aromatic nitrogens is 1. The Kier molecular flexibility index (Phi) is 6.07. The van der Waals surface area contributed by atoms with Crippen LogP contribution >= 0.6 is 23.1 Å². The number of rotatable bonds is 7. The van der Waals surface area contributed by atoms with Crippen molar-refractivity contribution in [2.45, 2.75) is 43.9 Å². The minimum atomic E-state index is 0.414. The van der Waals surface area contributed by atoms with E-state index in [1.165, 1.54) is 21.9 Å². The van der Waals surface area contributed by atoms with E-state index in [4.69, 9.17) is 0 Å². The molecule has 1 atom stereocenters. The van der Waals surface area contributed by atoms with Crippen LogP contribution in [0, 0.1) is 6.92 Å². The lowest BCUT2D eigenvalue weighted by molar-refractivity contribution is 0.570. The summed E-state index contributed by atoms with van der Waals surface area (Å²) in [5, 5.41) is 6.85. The minimum Gasteiger partial charge on any atom is -0.310 e. The molecule has 0 spiro atoms. The third-order valence-electron chi connectivity index (χ3n) is 3.09. The number of thioether (sulfide) groups is 1. The van der Waals surface area contributed by atoms with Crippen LogP contribution in [-0.2, 0) is 5.75 Å². The van der Waals surface area contributed by atoms with Gasteiger partial charge in [0.1, 0.15) is 5.01 Å². The van der Waals surface area contributed by atoms with E-state index in [1.807, 2.05) is 18.7 Å². The highest BCUT2D eigenvalue weighted by Crippen LogP contribution is 2.26. The number of nitrogens with one attached hydrogen (secondary N) is 1. The topological polar surface area (TPSA) is 24.9 Å². The Morgan fingerprint density at radius 1 is 1.40 bits per heavy atom. The Hall–Kier alpha value is -0.840. The predicted octanol–water partition coefficient (Wildman–Crippen LogP) is 4.80. The van der Waals surface area contributed by atoms with Crippen molar-refractivity contribution in [1.82, 2.24) is 10.3 Å². The van der Waals surface area contributed by atoms with Crippen LogP contribution in [0.2, 0.25) is 0 Å². The first-order valence-electron chi connectivity index (χ1n) is 7.06. The van der Waals surface area contributed by atoms with Crippen LogP contribution in [0.1, 0.15) is 42.6 Å². The second-order valence-corrected chi connectivity index (χ2v) is 6.91. The Morgan fingerprint density at radius 2 is 2.25 bits per heavy atom. The molecule has 0 saturated heterocycles. The summed E-state index contributed by atoms with van der Waals surface area (Å²) >= 11 is 3.61. The lowest BCUT2D eigenvalue weighted by Gasteiger charge is -2.14. The maximum Gasteiger partial charge on any atom is 0.103 e. The van der Waals surface area contributed by atoms with E-state index in [1.54, 1.807) is 11.3 Å². The molecule has 0 radical (unpaired) electrons. The van der Waals surface area contributed by atoms with E-state index < -0.39 is 0 Å². The van der Waals surface area contributed by atoms with Crippen molar-refractivity contribution in [3.8, 4) is 0 Å². The molecule has 4 heteroatoms. The molecule has 0 aliphatic heterocycles. The first-order chi connectivity index (χ1) is 9.69. The van der Waals surface area contributed by atoms with Crippen LogP contribution in [0.25, 0.3) is 0 Å². The van der Waals surface area contributed by atoms with Gasteiger partial charge in [0.25, 0.3) is 0 Å². The fraction of sp³-hybridized carbons (Fsp3) is 0.438. The van der Waals surface area contributed by atoms with Crippen molar-refractivity contribution in [2.75, 3.05) is 6.54 Å². The lowest BCUT2D eigenvalue weighted by atomic mass is 10.1. The van der Waals surface area contributed by atoms with Gasteiger partial charge in [-0.3, -0.25) is 0 Å². The number of hydrogen-bond acceptors (Lipinski definition) is 4. The van der Waals surface area contributed by atoms with Gasteiger partial charge in [-0.1, -0.05) is 19.1 Å². The second-order valence-electron chi connectivity index (χ2n) is 4.92. The van der Waals surface area contributed by atoms with Gasteiger partial charge >= 0.3 is 0 Å². The van der Waals surface area contributed by atoms with E-state index >= 15 is 0 Å². The van der Waals surface area contributed by atoms with E-state index in [0.29, 0.717) is 6.04 Å². The number of hydrogen-bond donors (Lipinski definition) is 1. The zero-order valence-corrected chi connectivity index (χ0v) is 14.0. The van der Waals surface area contributed by atoms with Crippen molar-refractivity contribution in [2.24, 2.45) is 0 Å². The molecule has 20 heavy (non-hydrogen) atoms. The van der Waals surface area contributed by atoms with E-state index in [-0.39, 0.29) is 0 Å².